The standard InChI is InChI=1S/C23H21N3O3S/c1-4-29-23(28)17-6-5-7-19(11-17)25-20(27)13-30-22-18(12-24)10-16-9-8-14(2)15(3)21(16)26-22/h5-11H,4,13H2,1-3H3,(H,25,27). The van der Waals surface area contributed by atoms with E-state index in [2.05, 4.69) is 16.4 Å². The zero-order chi connectivity index (χ0) is 21.7. The number of anilines is 1. The number of aromatic nitrogens is 1. The third-order valence-electron chi connectivity index (χ3n) is 4.59. The van der Waals surface area contributed by atoms with E-state index in [4.69, 9.17) is 4.74 Å². The molecular weight excluding hydrogens is 398 g/mol. The minimum Gasteiger partial charge on any atom is -0.462 e. The van der Waals surface area contributed by atoms with Crippen LogP contribution in [0.15, 0.2) is 47.5 Å². The van der Waals surface area contributed by atoms with Crippen molar-refractivity contribution < 1.29 is 14.3 Å². The molecule has 1 heterocycles. The van der Waals surface area contributed by atoms with E-state index < -0.39 is 5.97 Å². The number of ether oxygens (including phenoxy) is 1. The molecule has 3 aromatic rings. The summed E-state index contributed by atoms with van der Waals surface area (Å²) in [5.74, 6) is -0.609. The van der Waals surface area contributed by atoms with Crippen LogP contribution in [0.25, 0.3) is 10.9 Å². The fraction of sp³-hybridized carbons (Fsp3) is 0.217. The summed E-state index contributed by atoms with van der Waals surface area (Å²) in [5.41, 5.74) is 4.32. The van der Waals surface area contributed by atoms with Gasteiger partial charge >= 0.3 is 5.97 Å². The van der Waals surface area contributed by atoms with Gasteiger partial charge in [-0.15, -0.1) is 0 Å². The SMILES string of the molecule is CCOC(=O)c1cccc(NC(=O)CSc2nc3c(C)c(C)ccc3cc2C#N)c1. The number of fused-ring (bicyclic) bond motifs is 1. The molecule has 0 saturated carbocycles. The van der Waals surface area contributed by atoms with Crippen molar-refractivity contribution in [3.63, 3.8) is 0 Å². The quantitative estimate of drug-likeness (QED) is 0.463. The van der Waals surface area contributed by atoms with Crippen LogP contribution in [0.5, 0.6) is 0 Å². The van der Waals surface area contributed by atoms with E-state index in [9.17, 15) is 14.9 Å². The van der Waals surface area contributed by atoms with Gasteiger partial charge in [-0.1, -0.05) is 30.0 Å². The average Bonchev–Trinajstić information content (AvgIpc) is 2.75. The highest BCUT2D eigenvalue weighted by Crippen LogP contribution is 2.27. The van der Waals surface area contributed by atoms with E-state index in [0.29, 0.717) is 21.8 Å². The van der Waals surface area contributed by atoms with Gasteiger partial charge in [0.05, 0.1) is 29.0 Å². The molecule has 1 amide bonds. The lowest BCUT2D eigenvalue weighted by Crippen LogP contribution is -2.15. The molecule has 0 aliphatic carbocycles. The molecule has 0 radical (unpaired) electrons. The maximum Gasteiger partial charge on any atom is 0.338 e. The number of carbonyl (C=O) groups excluding carboxylic acids is 2. The van der Waals surface area contributed by atoms with Crippen molar-refractivity contribution in [2.75, 3.05) is 17.7 Å². The molecule has 7 heteroatoms. The van der Waals surface area contributed by atoms with Gasteiger partial charge in [-0.25, -0.2) is 9.78 Å². The number of amides is 1. The number of carbonyl (C=O) groups is 2. The number of hydrogen-bond acceptors (Lipinski definition) is 6. The molecule has 0 aliphatic rings. The second-order valence-electron chi connectivity index (χ2n) is 6.67. The Morgan fingerprint density at radius 3 is 2.73 bits per heavy atom. The van der Waals surface area contributed by atoms with Crippen LogP contribution in [0, 0.1) is 25.2 Å². The Balaban J connectivity index is 1.74. The number of nitrogens with zero attached hydrogens (tertiary/aromatic N) is 2. The zero-order valence-corrected chi connectivity index (χ0v) is 17.8. The highest BCUT2D eigenvalue weighted by atomic mass is 32.2. The first-order chi connectivity index (χ1) is 14.4. The van der Waals surface area contributed by atoms with E-state index in [0.717, 1.165) is 22.0 Å². The summed E-state index contributed by atoms with van der Waals surface area (Å²) in [4.78, 5) is 28.9. The summed E-state index contributed by atoms with van der Waals surface area (Å²) in [7, 11) is 0. The number of nitrogens with one attached hydrogen (secondary N) is 1. The minimum absolute atomic E-state index is 0.0850. The Morgan fingerprint density at radius 2 is 2.00 bits per heavy atom. The van der Waals surface area contributed by atoms with Crippen molar-refractivity contribution in [2.24, 2.45) is 0 Å². The number of benzene rings is 2. The maximum atomic E-state index is 12.4. The average molecular weight is 420 g/mol. The molecule has 0 unspecified atom stereocenters. The van der Waals surface area contributed by atoms with Crippen molar-refractivity contribution in [1.29, 1.82) is 5.26 Å². The summed E-state index contributed by atoms with van der Waals surface area (Å²) >= 11 is 1.21. The lowest BCUT2D eigenvalue weighted by molar-refractivity contribution is -0.113. The first-order valence-corrected chi connectivity index (χ1v) is 10.4. The molecule has 0 bridgehead atoms. The first kappa shape index (κ1) is 21.3. The van der Waals surface area contributed by atoms with E-state index >= 15 is 0 Å². The molecule has 2 aromatic carbocycles. The van der Waals surface area contributed by atoms with Crippen LogP contribution in [-0.2, 0) is 9.53 Å². The lowest BCUT2D eigenvalue weighted by Gasteiger charge is -2.10. The van der Waals surface area contributed by atoms with Gasteiger partial charge in [0, 0.05) is 11.1 Å². The summed E-state index contributed by atoms with van der Waals surface area (Å²) in [6, 6.07) is 14.5. The molecule has 0 saturated heterocycles. The smallest absolute Gasteiger partial charge is 0.338 e. The molecule has 30 heavy (non-hydrogen) atoms. The van der Waals surface area contributed by atoms with Gasteiger partial charge in [-0.2, -0.15) is 5.26 Å². The zero-order valence-electron chi connectivity index (χ0n) is 17.0. The van der Waals surface area contributed by atoms with Gasteiger partial charge in [0.25, 0.3) is 0 Å². The number of aryl methyl sites for hydroxylation is 2. The van der Waals surface area contributed by atoms with Crippen molar-refractivity contribution in [2.45, 2.75) is 25.8 Å². The monoisotopic (exact) mass is 419 g/mol. The fourth-order valence-corrected chi connectivity index (χ4v) is 3.68. The normalized spacial score (nSPS) is 10.5. The summed E-state index contributed by atoms with van der Waals surface area (Å²) in [5, 5.41) is 13.7. The highest BCUT2D eigenvalue weighted by molar-refractivity contribution is 8.00. The number of nitriles is 1. The highest BCUT2D eigenvalue weighted by Gasteiger charge is 2.13. The second-order valence-corrected chi connectivity index (χ2v) is 7.63. The molecular formula is C23H21N3O3S. The molecule has 0 spiro atoms. The predicted molar refractivity (Wildman–Crippen MR) is 118 cm³/mol. The third kappa shape index (κ3) is 4.78. The largest absolute Gasteiger partial charge is 0.462 e. The van der Waals surface area contributed by atoms with Crippen LogP contribution in [0.4, 0.5) is 5.69 Å². The third-order valence-corrected chi connectivity index (χ3v) is 5.59. The van der Waals surface area contributed by atoms with Gasteiger partial charge in [0.2, 0.25) is 5.91 Å². The Bertz CT molecular complexity index is 1170. The van der Waals surface area contributed by atoms with Crippen LogP contribution < -0.4 is 5.32 Å². The second kappa shape index (κ2) is 9.42. The van der Waals surface area contributed by atoms with Gasteiger partial charge in [-0.05, 0) is 56.2 Å². The Kier molecular flexibility index (Phi) is 6.70. The number of rotatable bonds is 6. The topological polar surface area (TPSA) is 92.1 Å². The Morgan fingerprint density at radius 1 is 1.20 bits per heavy atom. The first-order valence-electron chi connectivity index (χ1n) is 9.43. The van der Waals surface area contributed by atoms with Crippen LogP contribution >= 0.6 is 11.8 Å². The van der Waals surface area contributed by atoms with Crippen molar-refractivity contribution >= 4 is 40.2 Å². The van der Waals surface area contributed by atoms with Gasteiger partial charge in [-0.3, -0.25) is 4.79 Å². The van der Waals surface area contributed by atoms with E-state index in [1.54, 1.807) is 37.3 Å². The Hall–Kier alpha value is -3.37. The van der Waals surface area contributed by atoms with Gasteiger partial charge in [0.1, 0.15) is 11.1 Å². The summed E-state index contributed by atoms with van der Waals surface area (Å²) < 4.78 is 4.98. The molecule has 1 aromatic heterocycles. The number of esters is 1. The minimum atomic E-state index is -0.437. The van der Waals surface area contributed by atoms with E-state index in [1.165, 1.54) is 11.8 Å². The molecule has 0 atom stereocenters. The number of pyridine rings is 1. The molecule has 0 aliphatic heterocycles. The Labute approximate surface area is 179 Å². The summed E-state index contributed by atoms with van der Waals surface area (Å²) in [6.45, 7) is 6.03. The number of thioether (sulfide) groups is 1. The lowest BCUT2D eigenvalue weighted by atomic mass is 10.0. The van der Waals surface area contributed by atoms with E-state index in [1.807, 2.05) is 26.0 Å². The number of hydrogen-bond donors (Lipinski definition) is 1. The van der Waals surface area contributed by atoms with Crippen LogP contribution in [-0.4, -0.2) is 29.2 Å². The maximum absolute atomic E-state index is 12.4. The predicted octanol–water partition coefficient (Wildman–Crippen LogP) is 4.63. The van der Waals surface area contributed by atoms with Crippen molar-refractivity contribution in [3.8, 4) is 6.07 Å². The van der Waals surface area contributed by atoms with Gasteiger partial charge in [0.15, 0.2) is 0 Å². The van der Waals surface area contributed by atoms with Crippen molar-refractivity contribution in [1.82, 2.24) is 4.98 Å². The van der Waals surface area contributed by atoms with Crippen LogP contribution in [0.3, 0.4) is 0 Å². The van der Waals surface area contributed by atoms with E-state index in [-0.39, 0.29) is 18.3 Å². The molecule has 0 fully saturated rings. The van der Waals surface area contributed by atoms with Gasteiger partial charge < -0.3 is 10.1 Å². The molecule has 6 nitrogen and oxygen atoms in total. The van der Waals surface area contributed by atoms with Crippen LogP contribution in [0.2, 0.25) is 0 Å². The van der Waals surface area contributed by atoms with Crippen LogP contribution in [0.1, 0.15) is 34.0 Å². The molecule has 1 N–H and O–H groups in total. The molecule has 152 valence electrons. The molecule has 3 rings (SSSR count). The summed E-state index contributed by atoms with van der Waals surface area (Å²) in [6.07, 6.45) is 0. The van der Waals surface area contributed by atoms with Crippen molar-refractivity contribution in [3.05, 3.63) is 64.7 Å². The fourth-order valence-electron chi connectivity index (χ4n) is 2.93.